The van der Waals surface area contributed by atoms with Gasteiger partial charge in [-0.05, 0) is 83.0 Å². The third-order valence-electron chi connectivity index (χ3n) is 8.04. The van der Waals surface area contributed by atoms with Crippen LogP contribution in [0.1, 0.15) is 65.9 Å². The van der Waals surface area contributed by atoms with E-state index in [-0.39, 0.29) is 40.9 Å². The topological polar surface area (TPSA) is 104 Å². The van der Waals surface area contributed by atoms with Gasteiger partial charge in [0.05, 0.1) is 21.6 Å². The van der Waals surface area contributed by atoms with Crippen molar-refractivity contribution in [3.8, 4) is 0 Å². The second kappa shape index (κ2) is 11.4. The van der Waals surface area contributed by atoms with E-state index in [9.17, 15) is 26.4 Å². The molecule has 1 saturated carbocycles. The SMILES string of the molecule is CC(C)CN[C@@H]1CC[C@H](N2CC[C@H](Nc3ncnc4ccc(C(F)(F)F)cc34)C2=O)[C@H](CS(=O)(=O)C(C)(C)C)C1. The molecular formula is C28H40F3N5O3S. The smallest absolute Gasteiger partial charge is 0.358 e. The van der Waals surface area contributed by atoms with Crippen LogP contribution in [0.5, 0.6) is 0 Å². The largest absolute Gasteiger partial charge is 0.416 e. The fraction of sp³-hybridized carbons (Fsp3) is 0.679. The van der Waals surface area contributed by atoms with Crippen molar-refractivity contribution >= 4 is 32.5 Å². The second-order valence-electron chi connectivity index (χ2n) is 12.5. The van der Waals surface area contributed by atoms with Crippen LogP contribution >= 0.6 is 0 Å². The van der Waals surface area contributed by atoms with Gasteiger partial charge in [0.2, 0.25) is 5.91 Å². The molecule has 1 aromatic heterocycles. The van der Waals surface area contributed by atoms with E-state index in [1.807, 2.05) is 0 Å². The Balaban J connectivity index is 1.55. The molecule has 8 nitrogen and oxygen atoms in total. The molecule has 2 N–H and O–H groups in total. The predicted octanol–water partition coefficient (Wildman–Crippen LogP) is 4.66. The molecule has 0 bridgehead atoms. The van der Waals surface area contributed by atoms with Gasteiger partial charge in [0.15, 0.2) is 9.84 Å². The monoisotopic (exact) mass is 583 g/mol. The summed E-state index contributed by atoms with van der Waals surface area (Å²) in [5, 5.41) is 6.83. The molecule has 1 aromatic carbocycles. The number of likely N-dealkylation sites (tertiary alicyclic amines) is 1. The Labute approximate surface area is 234 Å². The Kier molecular flexibility index (Phi) is 8.71. The third-order valence-corrected chi connectivity index (χ3v) is 10.8. The number of aromatic nitrogens is 2. The Morgan fingerprint density at radius 2 is 1.82 bits per heavy atom. The highest BCUT2D eigenvalue weighted by Gasteiger charge is 2.44. The maximum atomic E-state index is 13.7. The van der Waals surface area contributed by atoms with Gasteiger partial charge in [-0.1, -0.05) is 13.8 Å². The third kappa shape index (κ3) is 6.70. The van der Waals surface area contributed by atoms with Crippen molar-refractivity contribution in [2.75, 3.05) is 24.2 Å². The summed E-state index contributed by atoms with van der Waals surface area (Å²) < 4.78 is 65.6. The van der Waals surface area contributed by atoms with Crippen LogP contribution in [-0.2, 0) is 20.8 Å². The predicted molar refractivity (Wildman–Crippen MR) is 150 cm³/mol. The van der Waals surface area contributed by atoms with Gasteiger partial charge in [-0.15, -0.1) is 0 Å². The molecule has 222 valence electrons. The standard InChI is InChI=1S/C28H40F3N5O3S/c1-17(2)14-32-20-7-9-24(18(12-20)15-40(38,39)27(3,4)5)36-11-10-23(26(36)37)35-25-21-13-19(28(29,30)31)6-8-22(21)33-16-34-25/h6,8,13,16-18,20,23-24,32H,7,9-12,14-15H2,1-5H3,(H,33,34,35)/t18-,20+,23-,24-/m0/s1. The molecule has 1 saturated heterocycles. The highest BCUT2D eigenvalue weighted by Crippen LogP contribution is 2.36. The van der Waals surface area contributed by atoms with Crippen molar-refractivity contribution in [2.45, 2.75) is 89.4 Å². The lowest BCUT2D eigenvalue weighted by Crippen LogP contribution is -2.52. The number of nitrogens with zero attached hydrogens (tertiary/aromatic N) is 3. The Morgan fingerprint density at radius 1 is 1.10 bits per heavy atom. The number of alkyl halides is 3. The van der Waals surface area contributed by atoms with Crippen LogP contribution in [0, 0.1) is 11.8 Å². The summed E-state index contributed by atoms with van der Waals surface area (Å²) in [7, 11) is -3.42. The maximum Gasteiger partial charge on any atom is 0.416 e. The van der Waals surface area contributed by atoms with Gasteiger partial charge in [-0.3, -0.25) is 4.79 Å². The summed E-state index contributed by atoms with van der Waals surface area (Å²) in [4.78, 5) is 23.7. The van der Waals surface area contributed by atoms with E-state index in [1.165, 1.54) is 12.4 Å². The van der Waals surface area contributed by atoms with E-state index >= 15 is 0 Å². The second-order valence-corrected chi connectivity index (χ2v) is 15.3. The van der Waals surface area contributed by atoms with Gasteiger partial charge in [0.1, 0.15) is 18.2 Å². The number of anilines is 1. The quantitative estimate of drug-likeness (QED) is 0.466. The lowest BCUT2D eigenvalue weighted by atomic mass is 9.81. The zero-order valence-electron chi connectivity index (χ0n) is 23.8. The summed E-state index contributed by atoms with van der Waals surface area (Å²) in [6.45, 7) is 10.6. The van der Waals surface area contributed by atoms with Gasteiger partial charge < -0.3 is 15.5 Å². The number of hydrogen-bond acceptors (Lipinski definition) is 7. The highest BCUT2D eigenvalue weighted by atomic mass is 32.2. The first-order chi connectivity index (χ1) is 18.6. The van der Waals surface area contributed by atoms with Crippen LogP contribution in [0.25, 0.3) is 10.9 Å². The van der Waals surface area contributed by atoms with Crippen LogP contribution in [0.2, 0.25) is 0 Å². The molecule has 4 rings (SSSR count). The van der Waals surface area contributed by atoms with E-state index < -0.39 is 32.4 Å². The molecule has 1 aliphatic heterocycles. The van der Waals surface area contributed by atoms with E-state index in [1.54, 1.807) is 25.7 Å². The van der Waals surface area contributed by atoms with Crippen molar-refractivity contribution in [3.05, 3.63) is 30.1 Å². The molecule has 2 aliphatic rings. The molecule has 4 atom stereocenters. The van der Waals surface area contributed by atoms with Gasteiger partial charge in [0.25, 0.3) is 0 Å². The molecule has 2 fully saturated rings. The fourth-order valence-corrected chi connectivity index (χ4v) is 7.06. The maximum absolute atomic E-state index is 13.7. The number of nitrogens with one attached hydrogen (secondary N) is 2. The van der Waals surface area contributed by atoms with Gasteiger partial charge in [-0.25, -0.2) is 18.4 Å². The van der Waals surface area contributed by atoms with E-state index in [4.69, 9.17) is 0 Å². The summed E-state index contributed by atoms with van der Waals surface area (Å²) in [5.41, 5.74) is -0.476. The number of hydrogen-bond donors (Lipinski definition) is 2. The summed E-state index contributed by atoms with van der Waals surface area (Å²) in [6.07, 6.45) is -0.647. The van der Waals surface area contributed by atoms with Crippen LogP contribution in [0.15, 0.2) is 24.5 Å². The number of carbonyl (C=O) groups is 1. The minimum absolute atomic E-state index is 0.000330. The molecule has 2 heterocycles. The Bertz CT molecular complexity index is 1330. The van der Waals surface area contributed by atoms with Gasteiger partial charge in [-0.2, -0.15) is 13.2 Å². The average Bonchev–Trinajstić information content (AvgIpc) is 3.21. The van der Waals surface area contributed by atoms with Crippen molar-refractivity contribution in [1.82, 2.24) is 20.2 Å². The number of sulfone groups is 1. The molecule has 0 spiro atoms. The van der Waals surface area contributed by atoms with E-state index in [2.05, 4.69) is 34.4 Å². The van der Waals surface area contributed by atoms with Crippen molar-refractivity contribution in [2.24, 2.45) is 11.8 Å². The molecule has 1 amide bonds. The molecule has 12 heteroatoms. The Hall–Kier alpha value is -2.47. The first-order valence-electron chi connectivity index (χ1n) is 13.9. The minimum atomic E-state index is -4.52. The number of fused-ring (bicyclic) bond motifs is 1. The summed E-state index contributed by atoms with van der Waals surface area (Å²) >= 11 is 0. The number of rotatable bonds is 8. The minimum Gasteiger partial charge on any atom is -0.358 e. The van der Waals surface area contributed by atoms with Crippen molar-refractivity contribution < 1.29 is 26.4 Å². The average molecular weight is 584 g/mol. The lowest BCUT2D eigenvalue weighted by molar-refractivity contribution is -0.137. The zero-order valence-corrected chi connectivity index (χ0v) is 24.6. The first kappa shape index (κ1) is 30.5. The fourth-order valence-electron chi connectivity index (χ4n) is 5.64. The van der Waals surface area contributed by atoms with Crippen LogP contribution in [-0.4, -0.2) is 70.9 Å². The van der Waals surface area contributed by atoms with Crippen molar-refractivity contribution in [1.29, 1.82) is 0 Å². The number of halogens is 3. The summed E-state index contributed by atoms with van der Waals surface area (Å²) in [6, 6.07) is 2.53. The molecule has 40 heavy (non-hydrogen) atoms. The zero-order chi connectivity index (χ0) is 29.5. The number of carbonyl (C=O) groups excluding carboxylic acids is 1. The molecule has 0 unspecified atom stereocenters. The van der Waals surface area contributed by atoms with E-state index in [0.717, 1.165) is 25.1 Å². The van der Waals surface area contributed by atoms with Gasteiger partial charge >= 0.3 is 6.18 Å². The molecule has 0 radical (unpaired) electrons. The first-order valence-corrected chi connectivity index (χ1v) is 15.6. The van der Waals surface area contributed by atoms with E-state index in [0.29, 0.717) is 37.2 Å². The number of benzene rings is 1. The molecule has 2 aromatic rings. The van der Waals surface area contributed by atoms with Crippen molar-refractivity contribution in [3.63, 3.8) is 0 Å². The normalized spacial score (nSPS) is 24.7. The Morgan fingerprint density at radius 3 is 2.48 bits per heavy atom. The molecule has 1 aliphatic carbocycles. The van der Waals surface area contributed by atoms with Gasteiger partial charge in [0, 0.05) is 24.0 Å². The lowest BCUT2D eigenvalue weighted by Gasteiger charge is -2.42. The van der Waals surface area contributed by atoms with Crippen LogP contribution in [0.3, 0.4) is 0 Å². The summed E-state index contributed by atoms with van der Waals surface area (Å²) in [5.74, 6) is 0.228. The number of amides is 1. The highest BCUT2D eigenvalue weighted by molar-refractivity contribution is 7.92. The van der Waals surface area contributed by atoms with Crippen LogP contribution in [0.4, 0.5) is 19.0 Å². The molecular weight excluding hydrogens is 543 g/mol. The van der Waals surface area contributed by atoms with Crippen LogP contribution < -0.4 is 10.6 Å².